The van der Waals surface area contributed by atoms with Crippen molar-refractivity contribution in [2.75, 3.05) is 44.0 Å². The summed E-state index contributed by atoms with van der Waals surface area (Å²) in [6.45, 7) is 2.01. The molecule has 0 unspecified atom stereocenters. The van der Waals surface area contributed by atoms with Gasteiger partial charge in [0.25, 0.3) is 0 Å². The summed E-state index contributed by atoms with van der Waals surface area (Å²) in [5, 5.41) is 6.12. The van der Waals surface area contributed by atoms with E-state index in [0.717, 1.165) is 31.6 Å². The standard InChI is InChI=1S/C14H22N4O2/c1-18(2)13-5-8-16-9-12(13)17-14(19)10-20-11-3-6-15-7-4-11/h5,8-9,11,15H,3-4,6-7,10H2,1-2H3,(H,17,19). The first-order valence-corrected chi connectivity index (χ1v) is 6.90. The Morgan fingerprint density at radius 3 is 2.95 bits per heavy atom. The molecule has 6 nitrogen and oxygen atoms in total. The number of piperidine rings is 1. The van der Waals surface area contributed by atoms with Crippen molar-refractivity contribution in [1.82, 2.24) is 10.3 Å². The molecule has 0 aliphatic carbocycles. The molecule has 2 heterocycles. The molecule has 110 valence electrons. The third-order valence-electron chi connectivity index (χ3n) is 3.29. The quantitative estimate of drug-likeness (QED) is 0.836. The lowest BCUT2D eigenvalue weighted by molar-refractivity contribution is -0.123. The van der Waals surface area contributed by atoms with Gasteiger partial charge in [0.2, 0.25) is 5.91 Å². The molecular weight excluding hydrogens is 256 g/mol. The SMILES string of the molecule is CN(C)c1ccncc1NC(=O)COC1CCNCC1. The summed E-state index contributed by atoms with van der Waals surface area (Å²) >= 11 is 0. The van der Waals surface area contributed by atoms with Gasteiger partial charge in [0, 0.05) is 20.3 Å². The van der Waals surface area contributed by atoms with Crippen LogP contribution in [0.15, 0.2) is 18.5 Å². The molecule has 1 saturated heterocycles. The first-order chi connectivity index (χ1) is 9.66. The van der Waals surface area contributed by atoms with E-state index in [9.17, 15) is 4.79 Å². The van der Waals surface area contributed by atoms with Crippen molar-refractivity contribution in [2.24, 2.45) is 0 Å². The van der Waals surface area contributed by atoms with E-state index >= 15 is 0 Å². The Morgan fingerprint density at radius 1 is 1.50 bits per heavy atom. The van der Waals surface area contributed by atoms with Gasteiger partial charge in [-0.15, -0.1) is 0 Å². The molecule has 1 aromatic rings. The fraction of sp³-hybridized carbons (Fsp3) is 0.571. The molecule has 20 heavy (non-hydrogen) atoms. The zero-order valence-electron chi connectivity index (χ0n) is 12.1. The van der Waals surface area contributed by atoms with Gasteiger partial charge in [-0.25, -0.2) is 0 Å². The van der Waals surface area contributed by atoms with Crippen molar-refractivity contribution in [1.29, 1.82) is 0 Å². The summed E-state index contributed by atoms with van der Waals surface area (Å²) < 4.78 is 5.63. The fourth-order valence-electron chi connectivity index (χ4n) is 2.22. The molecule has 0 atom stereocenters. The van der Waals surface area contributed by atoms with E-state index in [1.54, 1.807) is 12.4 Å². The Balaban J connectivity index is 1.85. The molecule has 0 spiro atoms. The van der Waals surface area contributed by atoms with Gasteiger partial charge < -0.3 is 20.3 Å². The van der Waals surface area contributed by atoms with Crippen molar-refractivity contribution in [3.63, 3.8) is 0 Å². The topological polar surface area (TPSA) is 66.5 Å². The third-order valence-corrected chi connectivity index (χ3v) is 3.29. The highest BCUT2D eigenvalue weighted by Gasteiger charge is 2.15. The van der Waals surface area contributed by atoms with Crippen LogP contribution in [0.5, 0.6) is 0 Å². The number of carbonyl (C=O) groups excluding carboxylic acids is 1. The molecule has 0 saturated carbocycles. The second-order valence-corrected chi connectivity index (χ2v) is 5.10. The number of anilines is 2. The first kappa shape index (κ1) is 14.7. The van der Waals surface area contributed by atoms with Gasteiger partial charge in [-0.05, 0) is 32.0 Å². The average molecular weight is 278 g/mol. The summed E-state index contributed by atoms with van der Waals surface area (Å²) in [4.78, 5) is 17.9. The van der Waals surface area contributed by atoms with Crippen LogP contribution in [-0.2, 0) is 9.53 Å². The smallest absolute Gasteiger partial charge is 0.250 e. The van der Waals surface area contributed by atoms with E-state index in [2.05, 4.69) is 15.6 Å². The highest BCUT2D eigenvalue weighted by molar-refractivity contribution is 5.94. The number of hydrogen-bond acceptors (Lipinski definition) is 5. The predicted molar refractivity (Wildman–Crippen MR) is 79.0 cm³/mol. The van der Waals surface area contributed by atoms with Gasteiger partial charge in [0.05, 0.1) is 23.7 Å². The summed E-state index contributed by atoms with van der Waals surface area (Å²) in [6.07, 6.45) is 5.46. The minimum Gasteiger partial charge on any atom is -0.376 e. The highest BCUT2D eigenvalue weighted by Crippen LogP contribution is 2.22. The van der Waals surface area contributed by atoms with Crippen molar-refractivity contribution in [3.8, 4) is 0 Å². The maximum absolute atomic E-state index is 11.9. The molecule has 0 radical (unpaired) electrons. The number of ether oxygens (including phenoxy) is 1. The van der Waals surface area contributed by atoms with Crippen molar-refractivity contribution in [2.45, 2.75) is 18.9 Å². The van der Waals surface area contributed by atoms with E-state index < -0.39 is 0 Å². The molecule has 1 aliphatic heterocycles. The first-order valence-electron chi connectivity index (χ1n) is 6.90. The van der Waals surface area contributed by atoms with Crippen LogP contribution in [0.25, 0.3) is 0 Å². The van der Waals surface area contributed by atoms with E-state index in [1.807, 2.05) is 25.1 Å². The van der Waals surface area contributed by atoms with E-state index in [-0.39, 0.29) is 18.6 Å². The number of pyridine rings is 1. The zero-order chi connectivity index (χ0) is 14.4. The Labute approximate surface area is 119 Å². The van der Waals surface area contributed by atoms with Crippen LogP contribution in [0.2, 0.25) is 0 Å². The normalized spacial score (nSPS) is 15.9. The minimum atomic E-state index is -0.139. The van der Waals surface area contributed by atoms with Crippen LogP contribution in [0.1, 0.15) is 12.8 Å². The Bertz CT molecular complexity index is 445. The van der Waals surface area contributed by atoms with Crippen molar-refractivity contribution in [3.05, 3.63) is 18.5 Å². The maximum Gasteiger partial charge on any atom is 0.250 e. The number of hydrogen-bond donors (Lipinski definition) is 2. The van der Waals surface area contributed by atoms with Gasteiger partial charge in [-0.1, -0.05) is 0 Å². The highest BCUT2D eigenvalue weighted by atomic mass is 16.5. The zero-order valence-corrected chi connectivity index (χ0v) is 12.1. The summed E-state index contributed by atoms with van der Waals surface area (Å²) in [5.74, 6) is -0.139. The number of nitrogens with zero attached hydrogens (tertiary/aromatic N) is 2. The van der Waals surface area contributed by atoms with Crippen LogP contribution in [0.4, 0.5) is 11.4 Å². The lowest BCUT2D eigenvalue weighted by atomic mass is 10.1. The minimum absolute atomic E-state index is 0.0897. The number of rotatable bonds is 5. The molecule has 1 aliphatic rings. The maximum atomic E-state index is 11.9. The number of aromatic nitrogens is 1. The van der Waals surface area contributed by atoms with Crippen molar-refractivity contribution >= 4 is 17.3 Å². The Hall–Kier alpha value is -1.66. The van der Waals surface area contributed by atoms with Gasteiger partial charge in [0.15, 0.2) is 0 Å². The number of nitrogens with one attached hydrogen (secondary N) is 2. The van der Waals surface area contributed by atoms with Crippen LogP contribution < -0.4 is 15.5 Å². The predicted octanol–water partition coefficient (Wildman–Crippen LogP) is 0.855. The summed E-state index contributed by atoms with van der Waals surface area (Å²) in [7, 11) is 3.85. The van der Waals surface area contributed by atoms with Gasteiger partial charge >= 0.3 is 0 Å². The molecule has 2 rings (SSSR count). The molecule has 1 fully saturated rings. The molecule has 0 bridgehead atoms. The largest absolute Gasteiger partial charge is 0.376 e. The second-order valence-electron chi connectivity index (χ2n) is 5.10. The molecule has 6 heteroatoms. The van der Waals surface area contributed by atoms with Gasteiger partial charge in [-0.3, -0.25) is 9.78 Å². The number of carbonyl (C=O) groups is 1. The Morgan fingerprint density at radius 2 is 2.25 bits per heavy atom. The molecule has 0 aromatic carbocycles. The monoisotopic (exact) mass is 278 g/mol. The third kappa shape index (κ3) is 4.18. The average Bonchev–Trinajstić information content (AvgIpc) is 2.46. The van der Waals surface area contributed by atoms with Crippen molar-refractivity contribution < 1.29 is 9.53 Å². The molecule has 1 aromatic heterocycles. The van der Waals surface area contributed by atoms with E-state index in [4.69, 9.17) is 4.74 Å². The lowest BCUT2D eigenvalue weighted by Crippen LogP contribution is -2.34. The van der Waals surface area contributed by atoms with E-state index in [0.29, 0.717) is 5.69 Å². The second kappa shape index (κ2) is 7.21. The Kier molecular flexibility index (Phi) is 5.31. The van der Waals surface area contributed by atoms with Crippen LogP contribution in [0, 0.1) is 0 Å². The summed E-state index contributed by atoms with van der Waals surface area (Å²) in [6, 6.07) is 1.86. The fourth-order valence-corrected chi connectivity index (χ4v) is 2.22. The van der Waals surface area contributed by atoms with Gasteiger partial charge in [0.1, 0.15) is 6.61 Å². The van der Waals surface area contributed by atoms with Crippen LogP contribution in [-0.4, -0.2) is 50.8 Å². The van der Waals surface area contributed by atoms with Crippen LogP contribution >= 0.6 is 0 Å². The van der Waals surface area contributed by atoms with Gasteiger partial charge in [-0.2, -0.15) is 0 Å². The summed E-state index contributed by atoms with van der Waals surface area (Å²) in [5.41, 5.74) is 1.63. The molecule has 2 N–H and O–H groups in total. The van der Waals surface area contributed by atoms with E-state index in [1.165, 1.54) is 0 Å². The molecular formula is C14H22N4O2. The lowest BCUT2D eigenvalue weighted by Gasteiger charge is -2.23. The number of amides is 1. The van der Waals surface area contributed by atoms with Crippen LogP contribution in [0.3, 0.4) is 0 Å². The molecule has 1 amide bonds.